The van der Waals surface area contributed by atoms with Crippen molar-refractivity contribution in [2.24, 2.45) is 11.8 Å². The Balaban J connectivity index is 1.62. The third kappa shape index (κ3) is 5.47. The Morgan fingerprint density at radius 1 is 1.03 bits per heavy atom. The number of rotatable bonds is 4. The molecule has 0 aromatic heterocycles. The van der Waals surface area contributed by atoms with Crippen LogP contribution in [0.4, 0.5) is 0 Å². The van der Waals surface area contributed by atoms with Gasteiger partial charge in [0.15, 0.2) is 0 Å². The highest BCUT2D eigenvalue weighted by Crippen LogP contribution is 2.26. The molecule has 2 aromatic rings. The summed E-state index contributed by atoms with van der Waals surface area (Å²) in [4.78, 5) is 12.5. The first-order chi connectivity index (χ1) is 13.9. The Labute approximate surface area is 173 Å². The SMILES string of the molecule is C[C@H]1C[C@H](C)CN(S(=O)(=O)c2ccc(C(=O)NCC#Cc3ccccc3)cc2)C1. The third-order valence-electron chi connectivity index (χ3n) is 4.93. The molecule has 1 aliphatic heterocycles. The molecule has 152 valence electrons. The number of carbonyl (C=O) groups is 1. The second-order valence-electron chi connectivity index (χ2n) is 7.64. The highest BCUT2D eigenvalue weighted by atomic mass is 32.2. The average molecular weight is 411 g/mol. The third-order valence-corrected chi connectivity index (χ3v) is 6.78. The topological polar surface area (TPSA) is 66.5 Å². The number of hydrogen-bond acceptors (Lipinski definition) is 3. The molecule has 0 spiro atoms. The van der Waals surface area contributed by atoms with E-state index in [0.717, 1.165) is 12.0 Å². The van der Waals surface area contributed by atoms with E-state index in [2.05, 4.69) is 31.0 Å². The lowest BCUT2D eigenvalue weighted by atomic mass is 9.94. The highest BCUT2D eigenvalue weighted by Gasteiger charge is 2.31. The van der Waals surface area contributed by atoms with Crippen LogP contribution in [0.15, 0.2) is 59.5 Å². The van der Waals surface area contributed by atoms with Gasteiger partial charge < -0.3 is 5.32 Å². The first kappa shape index (κ1) is 21.1. The summed E-state index contributed by atoms with van der Waals surface area (Å²) in [6.45, 7) is 5.44. The second-order valence-corrected chi connectivity index (χ2v) is 9.58. The fourth-order valence-electron chi connectivity index (χ4n) is 3.62. The van der Waals surface area contributed by atoms with E-state index in [1.807, 2.05) is 30.3 Å². The smallest absolute Gasteiger partial charge is 0.252 e. The van der Waals surface area contributed by atoms with Crippen molar-refractivity contribution in [3.63, 3.8) is 0 Å². The van der Waals surface area contributed by atoms with Gasteiger partial charge in [-0.15, -0.1) is 0 Å². The van der Waals surface area contributed by atoms with Crippen LogP contribution in [0.1, 0.15) is 36.2 Å². The summed E-state index contributed by atoms with van der Waals surface area (Å²) in [5, 5.41) is 2.73. The van der Waals surface area contributed by atoms with Gasteiger partial charge in [0.2, 0.25) is 10.0 Å². The van der Waals surface area contributed by atoms with Gasteiger partial charge in [0.1, 0.15) is 0 Å². The quantitative estimate of drug-likeness (QED) is 0.788. The molecule has 0 radical (unpaired) electrons. The molecule has 2 atom stereocenters. The van der Waals surface area contributed by atoms with E-state index in [9.17, 15) is 13.2 Å². The van der Waals surface area contributed by atoms with Crippen molar-refractivity contribution in [3.05, 3.63) is 65.7 Å². The number of amides is 1. The van der Waals surface area contributed by atoms with Crippen molar-refractivity contribution in [1.29, 1.82) is 0 Å². The van der Waals surface area contributed by atoms with Crippen molar-refractivity contribution in [1.82, 2.24) is 9.62 Å². The lowest BCUT2D eigenvalue weighted by Crippen LogP contribution is -2.42. The van der Waals surface area contributed by atoms with Gasteiger partial charge in [-0.1, -0.05) is 43.9 Å². The summed E-state index contributed by atoms with van der Waals surface area (Å²) in [5.41, 5.74) is 1.29. The minimum absolute atomic E-state index is 0.220. The van der Waals surface area contributed by atoms with Crippen molar-refractivity contribution >= 4 is 15.9 Å². The van der Waals surface area contributed by atoms with Crippen LogP contribution >= 0.6 is 0 Å². The van der Waals surface area contributed by atoms with Crippen LogP contribution in [0.3, 0.4) is 0 Å². The van der Waals surface area contributed by atoms with Gasteiger partial charge in [-0.25, -0.2) is 8.42 Å². The maximum Gasteiger partial charge on any atom is 0.252 e. The Bertz CT molecular complexity index is 996. The predicted molar refractivity (Wildman–Crippen MR) is 114 cm³/mol. The van der Waals surface area contributed by atoms with E-state index in [4.69, 9.17) is 0 Å². The maximum absolute atomic E-state index is 12.9. The molecule has 0 bridgehead atoms. The molecule has 3 rings (SSSR count). The molecule has 1 amide bonds. The molecule has 0 unspecified atom stereocenters. The zero-order valence-electron chi connectivity index (χ0n) is 16.8. The number of benzene rings is 2. The zero-order chi connectivity index (χ0) is 20.9. The van der Waals surface area contributed by atoms with E-state index < -0.39 is 10.0 Å². The minimum Gasteiger partial charge on any atom is -0.341 e. The molecular weight excluding hydrogens is 384 g/mol. The van der Waals surface area contributed by atoms with Crippen LogP contribution in [0.5, 0.6) is 0 Å². The van der Waals surface area contributed by atoms with Gasteiger partial charge in [-0.05, 0) is 54.7 Å². The lowest BCUT2D eigenvalue weighted by Gasteiger charge is -2.34. The van der Waals surface area contributed by atoms with Crippen LogP contribution in [-0.2, 0) is 10.0 Å². The van der Waals surface area contributed by atoms with Crippen molar-refractivity contribution in [2.45, 2.75) is 25.2 Å². The summed E-state index contributed by atoms with van der Waals surface area (Å²) >= 11 is 0. The molecule has 29 heavy (non-hydrogen) atoms. The number of piperidine rings is 1. The average Bonchev–Trinajstić information content (AvgIpc) is 2.71. The van der Waals surface area contributed by atoms with Gasteiger partial charge in [0.05, 0.1) is 11.4 Å². The first-order valence-corrected chi connectivity index (χ1v) is 11.2. The van der Waals surface area contributed by atoms with E-state index in [0.29, 0.717) is 30.5 Å². The number of carbonyl (C=O) groups excluding carboxylic acids is 1. The number of hydrogen-bond donors (Lipinski definition) is 1. The van der Waals surface area contributed by atoms with Gasteiger partial charge in [-0.3, -0.25) is 4.79 Å². The first-order valence-electron chi connectivity index (χ1n) is 9.78. The summed E-state index contributed by atoms with van der Waals surface area (Å²) in [6, 6.07) is 15.6. The highest BCUT2D eigenvalue weighted by molar-refractivity contribution is 7.89. The second kappa shape index (κ2) is 9.25. The van der Waals surface area contributed by atoms with E-state index in [1.165, 1.54) is 12.1 Å². The number of sulfonamides is 1. The minimum atomic E-state index is -3.54. The Kier molecular flexibility index (Phi) is 6.73. The van der Waals surface area contributed by atoms with Crippen LogP contribution < -0.4 is 5.32 Å². The summed E-state index contributed by atoms with van der Waals surface area (Å²) in [7, 11) is -3.54. The fourth-order valence-corrected chi connectivity index (χ4v) is 5.30. The molecule has 5 nitrogen and oxygen atoms in total. The van der Waals surface area contributed by atoms with Crippen LogP contribution in [0.25, 0.3) is 0 Å². The molecule has 1 N–H and O–H groups in total. The molecular formula is C23H26N2O3S. The largest absolute Gasteiger partial charge is 0.341 e. The van der Waals surface area contributed by atoms with E-state index >= 15 is 0 Å². The molecule has 1 fully saturated rings. The Morgan fingerprint density at radius 2 is 1.66 bits per heavy atom. The lowest BCUT2D eigenvalue weighted by molar-refractivity contribution is 0.0958. The Morgan fingerprint density at radius 3 is 2.28 bits per heavy atom. The standard InChI is InChI=1S/C23H26N2O3S/c1-18-15-19(2)17-25(16-18)29(27,28)22-12-10-21(11-13-22)23(26)24-14-6-9-20-7-4-3-5-8-20/h3-5,7-8,10-13,18-19H,14-17H2,1-2H3,(H,24,26)/t18-,19-/m0/s1. The van der Waals surface area contributed by atoms with Crippen LogP contribution in [0.2, 0.25) is 0 Å². The summed E-state index contributed by atoms with van der Waals surface area (Å²) < 4.78 is 27.4. The van der Waals surface area contributed by atoms with Crippen LogP contribution in [0, 0.1) is 23.7 Å². The molecule has 0 saturated carbocycles. The van der Waals surface area contributed by atoms with Crippen molar-refractivity contribution < 1.29 is 13.2 Å². The molecule has 0 aliphatic carbocycles. The predicted octanol–water partition coefficient (Wildman–Crippen LogP) is 3.13. The van der Waals surface area contributed by atoms with Crippen molar-refractivity contribution in [2.75, 3.05) is 19.6 Å². The van der Waals surface area contributed by atoms with Crippen LogP contribution in [-0.4, -0.2) is 38.3 Å². The molecule has 6 heteroatoms. The number of nitrogens with zero attached hydrogens (tertiary/aromatic N) is 1. The molecule has 2 aromatic carbocycles. The van der Waals surface area contributed by atoms with Gasteiger partial charge in [-0.2, -0.15) is 4.31 Å². The normalized spacial score (nSPS) is 19.8. The Hall–Kier alpha value is -2.62. The van der Waals surface area contributed by atoms with Gasteiger partial charge in [0.25, 0.3) is 5.91 Å². The summed E-state index contributed by atoms with van der Waals surface area (Å²) in [6.07, 6.45) is 1.04. The van der Waals surface area contributed by atoms with Gasteiger partial charge >= 0.3 is 0 Å². The summed E-state index contributed by atoms with van der Waals surface area (Å²) in [5.74, 6) is 6.28. The van der Waals surface area contributed by atoms with Crippen molar-refractivity contribution in [3.8, 4) is 11.8 Å². The van der Waals surface area contributed by atoms with E-state index in [1.54, 1.807) is 16.4 Å². The maximum atomic E-state index is 12.9. The van der Waals surface area contributed by atoms with E-state index in [-0.39, 0.29) is 17.3 Å². The molecule has 1 heterocycles. The zero-order valence-corrected chi connectivity index (χ0v) is 17.6. The monoisotopic (exact) mass is 410 g/mol. The fraction of sp³-hybridized carbons (Fsp3) is 0.348. The molecule has 1 aliphatic rings. The molecule has 1 saturated heterocycles. The van der Waals surface area contributed by atoms with Gasteiger partial charge in [0, 0.05) is 24.2 Å². The number of nitrogens with one attached hydrogen (secondary N) is 1.